The first-order valence-corrected chi connectivity index (χ1v) is 10.7. The molecule has 1 amide bonds. The lowest BCUT2D eigenvalue weighted by atomic mass is 10.1. The largest absolute Gasteiger partial charge is 0.459 e. The maximum atomic E-state index is 12.9. The number of carbonyl (C=O) groups is 1. The van der Waals surface area contributed by atoms with Crippen molar-refractivity contribution in [2.24, 2.45) is 0 Å². The van der Waals surface area contributed by atoms with E-state index in [0.29, 0.717) is 31.9 Å². The fourth-order valence-electron chi connectivity index (χ4n) is 3.85. The van der Waals surface area contributed by atoms with Crippen LogP contribution >= 0.6 is 0 Å². The predicted octanol–water partition coefficient (Wildman–Crippen LogP) is 1.87. The van der Waals surface area contributed by atoms with Gasteiger partial charge in [0.05, 0.1) is 6.61 Å². The van der Waals surface area contributed by atoms with Crippen LogP contribution in [0.15, 0.2) is 30.0 Å². The van der Waals surface area contributed by atoms with Crippen molar-refractivity contribution in [2.45, 2.75) is 38.5 Å². The molecule has 0 radical (unpaired) electrons. The lowest BCUT2D eigenvalue weighted by Gasteiger charge is -2.36. The van der Waals surface area contributed by atoms with Gasteiger partial charge in [0.25, 0.3) is 5.91 Å². The summed E-state index contributed by atoms with van der Waals surface area (Å²) in [5.41, 5.74) is 1.18. The number of hydrogen-bond donors (Lipinski definition) is 1. The molecule has 30 heavy (non-hydrogen) atoms. The predicted molar refractivity (Wildman–Crippen MR) is 109 cm³/mol. The van der Waals surface area contributed by atoms with Crippen LogP contribution in [0.5, 0.6) is 11.5 Å². The van der Waals surface area contributed by atoms with E-state index in [-0.39, 0.29) is 25.6 Å². The zero-order valence-electron chi connectivity index (χ0n) is 17.3. The van der Waals surface area contributed by atoms with E-state index in [0.717, 1.165) is 50.4 Å². The average Bonchev–Trinajstić information content (AvgIpc) is 3.25. The van der Waals surface area contributed by atoms with E-state index in [2.05, 4.69) is 11.0 Å². The van der Waals surface area contributed by atoms with Gasteiger partial charge in [0, 0.05) is 45.8 Å². The molecular weight excluding hydrogens is 388 g/mol. The maximum absolute atomic E-state index is 12.9. The summed E-state index contributed by atoms with van der Waals surface area (Å²) in [6, 6.07) is 6.04. The van der Waals surface area contributed by atoms with Gasteiger partial charge in [0.15, 0.2) is 23.5 Å². The number of benzene rings is 1. The number of piperazine rings is 1. The van der Waals surface area contributed by atoms with Crippen molar-refractivity contribution in [2.75, 3.05) is 46.2 Å². The van der Waals surface area contributed by atoms with Gasteiger partial charge in [0.1, 0.15) is 0 Å². The molecule has 1 aromatic carbocycles. The fraction of sp³-hybridized carbons (Fsp3) is 0.591. The number of unbranched alkanes of at least 4 members (excludes halogenated alkanes) is 1. The van der Waals surface area contributed by atoms with Gasteiger partial charge in [-0.1, -0.05) is 6.07 Å². The van der Waals surface area contributed by atoms with E-state index < -0.39 is 0 Å². The quantitative estimate of drug-likeness (QED) is 0.646. The van der Waals surface area contributed by atoms with E-state index in [1.54, 1.807) is 0 Å². The maximum Gasteiger partial charge on any atom is 0.288 e. The molecule has 1 atom stereocenters. The second-order valence-corrected chi connectivity index (χ2v) is 7.75. The Kier molecular flexibility index (Phi) is 7.09. The lowest BCUT2D eigenvalue weighted by molar-refractivity contribution is -0.152. The smallest absolute Gasteiger partial charge is 0.288 e. The number of rotatable bonds is 8. The summed E-state index contributed by atoms with van der Waals surface area (Å²) in [5, 5.41) is 8.84. The highest BCUT2D eigenvalue weighted by Crippen LogP contribution is 2.33. The molecule has 1 fully saturated rings. The highest BCUT2D eigenvalue weighted by Gasteiger charge is 2.28. The molecule has 164 valence electrons. The molecule has 0 aliphatic carbocycles. The second kappa shape index (κ2) is 10.1. The number of allylic oxidation sites excluding steroid dienone is 1. The van der Waals surface area contributed by atoms with Gasteiger partial charge in [-0.3, -0.25) is 9.69 Å². The summed E-state index contributed by atoms with van der Waals surface area (Å²) in [5.74, 6) is 1.94. The number of aliphatic hydroxyl groups excluding tert-OH is 1. The monoisotopic (exact) mass is 418 g/mol. The first kappa shape index (κ1) is 21.0. The Balaban J connectivity index is 1.22. The molecule has 8 nitrogen and oxygen atoms in total. The number of aliphatic hydroxyl groups is 1. The third-order valence-electron chi connectivity index (χ3n) is 5.56. The topological polar surface area (TPSA) is 80.7 Å². The van der Waals surface area contributed by atoms with Crippen molar-refractivity contribution in [1.82, 2.24) is 9.80 Å². The number of ether oxygens (including phenoxy) is 4. The molecule has 3 heterocycles. The zero-order valence-corrected chi connectivity index (χ0v) is 17.3. The first-order valence-electron chi connectivity index (χ1n) is 10.7. The van der Waals surface area contributed by atoms with E-state index in [1.807, 2.05) is 23.1 Å². The molecule has 1 saturated heterocycles. The van der Waals surface area contributed by atoms with Crippen LogP contribution in [-0.4, -0.2) is 73.3 Å². The molecule has 1 aromatic rings. The fourth-order valence-corrected chi connectivity index (χ4v) is 3.85. The minimum Gasteiger partial charge on any atom is -0.459 e. The summed E-state index contributed by atoms with van der Waals surface area (Å²) in [7, 11) is 0. The summed E-state index contributed by atoms with van der Waals surface area (Å²) in [6.07, 6.45) is 4.52. The normalized spacial score (nSPS) is 21.3. The first-order chi connectivity index (χ1) is 14.7. The Labute approximate surface area is 176 Å². The highest BCUT2D eigenvalue weighted by molar-refractivity contribution is 5.91. The van der Waals surface area contributed by atoms with Gasteiger partial charge in [-0.2, -0.15) is 0 Å². The van der Waals surface area contributed by atoms with E-state index in [9.17, 15) is 4.79 Å². The van der Waals surface area contributed by atoms with Crippen molar-refractivity contribution < 1.29 is 28.8 Å². The second-order valence-electron chi connectivity index (χ2n) is 7.75. The Morgan fingerprint density at radius 3 is 2.80 bits per heavy atom. The van der Waals surface area contributed by atoms with Crippen molar-refractivity contribution >= 4 is 5.91 Å². The number of fused-ring (bicyclic) bond motifs is 1. The summed E-state index contributed by atoms with van der Waals surface area (Å²) >= 11 is 0. The molecular formula is C22H30N2O6. The Bertz CT molecular complexity index is 760. The van der Waals surface area contributed by atoms with Gasteiger partial charge >= 0.3 is 0 Å². The van der Waals surface area contributed by atoms with Crippen molar-refractivity contribution in [3.8, 4) is 11.5 Å². The number of hydrogen-bond acceptors (Lipinski definition) is 7. The molecule has 3 aliphatic heterocycles. The van der Waals surface area contributed by atoms with Crippen LogP contribution in [0.2, 0.25) is 0 Å². The van der Waals surface area contributed by atoms with Crippen molar-refractivity contribution in [3.63, 3.8) is 0 Å². The Morgan fingerprint density at radius 2 is 1.97 bits per heavy atom. The molecule has 8 heteroatoms. The lowest BCUT2D eigenvalue weighted by Crippen LogP contribution is -2.49. The molecule has 0 saturated carbocycles. The van der Waals surface area contributed by atoms with Gasteiger partial charge < -0.3 is 29.0 Å². The molecule has 4 rings (SSSR count). The minimum atomic E-state index is -0.375. The van der Waals surface area contributed by atoms with E-state index in [4.69, 9.17) is 24.1 Å². The molecule has 0 unspecified atom stereocenters. The highest BCUT2D eigenvalue weighted by atomic mass is 16.7. The van der Waals surface area contributed by atoms with E-state index in [1.165, 1.54) is 5.56 Å². The van der Waals surface area contributed by atoms with Crippen molar-refractivity contribution in [1.29, 1.82) is 0 Å². The SMILES string of the molecule is O=C(C1=CCC[C@@H](OCCCCO)O1)N1CCN(Cc2ccc3c(c2)OCO3)CC1. The third kappa shape index (κ3) is 5.24. The van der Waals surface area contributed by atoms with Crippen LogP contribution in [0.1, 0.15) is 31.2 Å². The zero-order chi connectivity index (χ0) is 20.8. The van der Waals surface area contributed by atoms with E-state index >= 15 is 0 Å². The third-order valence-corrected chi connectivity index (χ3v) is 5.56. The van der Waals surface area contributed by atoms with Crippen LogP contribution < -0.4 is 9.47 Å². The summed E-state index contributed by atoms with van der Waals surface area (Å²) in [6.45, 7) is 4.78. The van der Waals surface area contributed by atoms with Crippen molar-refractivity contribution in [3.05, 3.63) is 35.6 Å². The van der Waals surface area contributed by atoms with Gasteiger partial charge in [-0.05, 0) is 43.0 Å². The summed E-state index contributed by atoms with van der Waals surface area (Å²) < 4.78 is 22.3. The molecule has 1 N–H and O–H groups in total. The summed E-state index contributed by atoms with van der Waals surface area (Å²) in [4.78, 5) is 17.1. The van der Waals surface area contributed by atoms with Gasteiger partial charge in [-0.25, -0.2) is 0 Å². The van der Waals surface area contributed by atoms with Crippen LogP contribution in [0, 0.1) is 0 Å². The standard InChI is InChI=1S/C22H30N2O6/c25-12-1-2-13-27-21-5-3-4-19(30-21)22(26)24-10-8-23(9-11-24)15-17-6-7-18-20(14-17)29-16-28-18/h4,6-7,14,21,25H,1-3,5,8-13,15-16H2/t21-/m0/s1. The number of nitrogens with zero attached hydrogens (tertiary/aromatic N) is 2. The molecule has 3 aliphatic rings. The number of amides is 1. The molecule has 0 bridgehead atoms. The van der Waals surface area contributed by atoms with Crippen LogP contribution in [0.25, 0.3) is 0 Å². The molecule has 0 spiro atoms. The average molecular weight is 418 g/mol. The minimum absolute atomic E-state index is 0.0543. The van der Waals surface area contributed by atoms with Crippen LogP contribution in [-0.2, 0) is 20.8 Å². The van der Waals surface area contributed by atoms with Gasteiger partial charge in [0.2, 0.25) is 6.79 Å². The number of carbonyl (C=O) groups excluding carboxylic acids is 1. The Morgan fingerprint density at radius 1 is 1.13 bits per heavy atom. The molecule has 0 aromatic heterocycles. The Hall–Kier alpha value is -2.29. The van der Waals surface area contributed by atoms with Gasteiger partial charge in [-0.15, -0.1) is 0 Å². The van der Waals surface area contributed by atoms with Crippen LogP contribution in [0.4, 0.5) is 0 Å². The van der Waals surface area contributed by atoms with Crippen LogP contribution in [0.3, 0.4) is 0 Å².